The van der Waals surface area contributed by atoms with E-state index < -0.39 is 17.8 Å². The van der Waals surface area contributed by atoms with Crippen molar-refractivity contribution in [1.29, 1.82) is 0 Å². The van der Waals surface area contributed by atoms with Crippen LogP contribution in [0.2, 0.25) is 0 Å². The second-order valence-corrected chi connectivity index (χ2v) is 6.67. The molecule has 152 valence electrons. The first-order chi connectivity index (χ1) is 13.7. The molecule has 0 saturated heterocycles. The van der Waals surface area contributed by atoms with Crippen LogP contribution in [0.3, 0.4) is 0 Å². The van der Waals surface area contributed by atoms with Gasteiger partial charge in [0.1, 0.15) is 24.3 Å². The van der Waals surface area contributed by atoms with Crippen molar-refractivity contribution in [1.82, 2.24) is 4.98 Å². The van der Waals surface area contributed by atoms with Crippen LogP contribution >= 0.6 is 0 Å². The van der Waals surface area contributed by atoms with Gasteiger partial charge in [-0.05, 0) is 48.7 Å². The summed E-state index contributed by atoms with van der Waals surface area (Å²) < 4.78 is 49.7. The Hall–Kier alpha value is -3.06. The summed E-state index contributed by atoms with van der Waals surface area (Å²) in [6, 6.07) is 8.60. The largest absolute Gasteiger partial charge is 0.486 e. The number of ether oxygens (including phenoxy) is 1. The Morgan fingerprint density at radius 3 is 2.52 bits per heavy atom. The molecule has 4 nitrogen and oxygen atoms in total. The second kappa shape index (κ2) is 8.53. The zero-order valence-corrected chi connectivity index (χ0v) is 15.9. The van der Waals surface area contributed by atoms with Crippen molar-refractivity contribution in [3.8, 4) is 16.9 Å². The van der Waals surface area contributed by atoms with Crippen molar-refractivity contribution >= 4 is 6.08 Å². The number of nitrogens with zero attached hydrogens (tertiary/aromatic N) is 1. The minimum Gasteiger partial charge on any atom is -0.486 e. The molecular formula is C22H20F3NO3. The summed E-state index contributed by atoms with van der Waals surface area (Å²) in [5.41, 5.74) is 2.69. The van der Waals surface area contributed by atoms with E-state index in [1.54, 1.807) is 19.1 Å². The average Bonchev–Trinajstić information content (AvgIpc) is 3.17. The van der Waals surface area contributed by atoms with E-state index in [9.17, 15) is 18.3 Å². The number of aromatic nitrogens is 1. The molecule has 0 radical (unpaired) electrons. The SMILES string of the molecule is Cc1cc(C=CC(C)O)c(-c2ccc(C(F)(F)F)cc2)c(OCc2cocn2)c1. The Kier molecular flexibility index (Phi) is 6.08. The fourth-order valence-electron chi connectivity index (χ4n) is 2.86. The lowest BCUT2D eigenvalue weighted by Gasteiger charge is -2.16. The van der Waals surface area contributed by atoms with Crippen molar-refractivity contribution in [2.24, 2.45) is 0 Å². The maximum atomic E-state index is 12.9. The summed E-state index contributed by atoms with van der Waals surface area (Å²) in [6.45, 7) is 3.65. The predicted octanol–water partition coefficient (Wildman–Crippen LogP) is 5.64. The molecule has 0 saturated carbocycles. The van der Waals surface area contributed by atoms with E-state index in [1.165, 1.54) is 24.8 Å². The number of alkyl halides is 3. The van der Waals surface area contributed by atoms with Gasteiger partial charge in [0, 0.05) is 5.56 Å². The van der Waals surface area contributed by atoms with Crippen LogP contribution in [0.25, 0.3) is 17.2 Å². The predicted molar refractivity (Wildman–Crippen MR) is 103 cm³/mol. The number of rotatable bonds is 6. The maximum absolute atomic E-state index is 12.9. The van der Waals surface area contributed by atoms with Crippen LogP contribution in [-0.2, 0) is 12.8 Å². The molecule has 0 bridgehead atoms. The number of hydrogen-bond acceptors (Lipinski definition) is 4. The molecule has 1 heterocycles. The van der Waals surface area contributed by atoms with Gasteiger partial charge in [0.05, 0.1) is 11.7 Å². The quantitative estimate of drug-likeness (QED) is 0.579. The third-order valence-electron chi connectivity index (χ3n) is 4.19. The Balaban J connectivity index is 2.07. The van der Waals surface area contributed by atoms with Gasteiger partial charge in [-0.2, -0.15) is 13.2 Å². The fourth-order valence-corrected chi connectivity index (χ4v) is 2.86. The van der Waals surface area contributed by atoms with E-state index in [0.29, 0.717) is 22.6 Å². The normalized spacial score (nSPS) is 13.0. The molecule has 0 aliphatic rings. The Morgan fingerprint density at radius 2 is 1.93 bits per heavy atom. The summed E-state index contributed by atoms with van der Waals surface area (Å²) in [7, 11) is 0. The molecule has 3 rings (SSSR count). The van der Waals surface area contributed by atoms with Crippen LogP contribution in [0.15, 0.2) is 59.5 Å². The summed E-state index contributed by atoms with van der Waals surface area (Å²) in [5.74, 6) is 0.498. The number of aliphatic hydroxyl groups is 1. The summed E-state index contributed by atoms with van der Waals surface area (Å²) >= 11 is 0. The van der Waals surface area contributed by atoms with Crippen molar-refractivity contribution < 1.29 is 27.4 Å². The van der Waals surface area contributed by atoms with E-state index in [1.807, 2.05) is 19.1 Å². The van der Waals surface area contributed by atoms with Gasteiger partial charge in [-0.15, -0.1) is 0 Å². The number of hydrogen-bond donors (Lipinski definition) is 1. The maximum Gasteiger partial charge on any atom is 0.416 e. The van der Waals surface area contributed by atoms with Gasteiger partial charge in [-0.1, -0.05) is 30.4 Å². The van der Waals surface area contributed by atoms with Crippen molar-refractivity contribution in [2.75, 3.05) is 0 Å². The molecule has 0 aliphatic heterocycles. The molecule has 1 unspecified atom stereocenters. The number of aryl methyl sites for hydroxylation is 1. The van der Waals surface area contributed by atoms with Crippen LogP contribution in [-0.4, -0.2) is 16.2 Å². The molecule has 0 amide bonds. The van der Waals surface area contributed by atoms with Crippen molar-refractivity contribution in [3.05, 3.63) is 77.5 Å². The monoisotopic (exact) mass is 403 g/mol. The zero-order valence-electron chi connectivity index (χ0n) is 15.9. The summed E-state index contributed by atoms with van der Waals surface area (Å²) in [5, 5.41) is 9.61. The van der Waals surface area contributed by atoms with Crippen LogP contribution in [0.4, 0.5) is 13.2 Å². The Labute approximate surface area is 166 Å². The van der Waals surface area contributed by atoms with Gasteiger partial charge in [-0.25, -0.2) is 4.98 Å². The first-order valence-electron chi connectivity index (χ1n) is 8.92. The summed E-state index contributed by atoms with van der Waals surface area (Å²) in [4.78, 5) is 4.01. The van der Waals surface area contributed by atoms with Crippen LogP contribution < -0.4 is 4.74 Å². The van der Waals surface area contributed by atoms with E-state index in [0.717, 1.165) is 23.3 Å². The molecule has 0 spiro atoms. The molecule has 1 aromatic heterocycles. The second-order valence-electron chi connectivity index (χ2n) is 6.67. The Bertz CT molecular complexity index is 976. The molecule has 1 atom stereocenters. The lowest BCUT2D eigenvalue weighted by atomic mass is 9.95. The molecular weight excluding hydrogens is 383 g/mol. The lowest BCUT2D eigenvalue weighted by molar-refractivity contribution is -0.137. The fraction of sp³-hybridized carbons (Fsp3) is 0.227. The molecule has 7 heteroatoms. The average molecular weight is 403 g/mol. The highest BCUT2D eigenvalue weighted by atomic mass is 19.4. The number of aliphatic hydroxyl groups excluding tert-OH is 1. The van der Waals surface area contributed by atoms with E-state index in [2.05, 4.69) is 4.98 Å². The summed E-state index contributed by atoms with van der Waals surface area (Å²) in [6.07, 6.45) is 1.00. The molecule has 0 fully saturated rings. The smallest absolute Gasteiger partial charge is 0.416 e. The van der Waals surface area contributed by atoms with Crippen LogP contribution in [0, 0.1) is 6.92 Å². The number of oxazole rings is 1. The first-order valence-corrected chi connectivity index (χ1v) is 8.92. The third-order valence-corrected chi connectivity index (χ3v) is 4.19. The van der Waals surface area contributed by atoms with Gasteiger partial charge in [0.15, 0.2) is 6.39 Å². The van der Waals surface area contributed by atoms with Gasteiger partial charge in [0.2, 0.25) is 0 Å². The zero-order chi connectivity index (χ0) is 21.0. The standard InChI is InChI=1S/C22H20F3NO3/c1-14-9-17(4-3-15(2)27)21(16-5-7-18(8-6-16)22(23,24)25)20(10-14)29-12-19-11-28-13-26-19/h3-11,13,15,27H,12H2,1-2H3. The molecule has 1 N–H and O–H groups in total. The molecule has 3 aromatic rings. The van der Waals surface area contributed by atoms with E-state index in [4.69, 9.17) is 9.15 Å². The van der Waals surface area contributed by atoms with Crippen LogP contribution in [0.5, 0.6) is 5.75 Å². The molecule has 2 aromatic carbocycles. The minimum atomic E-state index is -4.41. The highest BCUT2D eigenvalue weighted by Crippen LogP contribution is 2.38. The highest BCUT2D eigenvalue weighted by Gasteiger charge is 2.30. The highest BCUT2D eigenvalue weighted by molar-refractivity contribution is 5.81. The first kappa shape index (κ1) is 20.7. The molecule has 0 aliphatic carbocycles. The topological polar surface area (TPSA) is 55.5 Å². The number of benzene rings is 2. The van der Waals surface area contributed by atoms with Gasteiger partial charge in [0.25, 0.3) is 0 Å². The van der Waals surface area contributed by atoms with Gasteiger partial charge in [-0.3, -0.25) is 0 Å². The van der Waals surface area contributed by atoms with E-state index >= 15 is 0 Å². The third kappa shape index (κ3) is 5.26. The molecule has 29 heavy (non-hydrogen) atoms. The van der Waals surface area contributed by atoms with Crippen molar-refractivity contribution in [3.63, 3.8) is 0 Å². The number of halogens is 3. The van der Waals surface area contributed by atoms with Gasteiger partial charge < -0.3 is 14.3 Å². The Morgan fingerprint density at radius 1 is 1.21 bits per heavy atom. The van der Waals surface area contributed by atoms with Gasteiger partial charge >= 0.3 is 6.18 Å². The minimum absolute atomic E-state index is 0.146. The lowest BCUT2D eigenvalue weighted by Crippen LogP contribution is -2.04. The van der Waals surface area contributed by atoms with E-state index in [-0.39, 0.29) is 6.61 Å². The van der Waals surface area contributed by atoms with Crippen LogP contribution in [0.1, 0.15) is 29.3 Å². The van der Waals surface area contributed by atoms with Crippen molar-refractivity contribution in [2.45, 2.75) is 32.7 Å².